The molecule has 0 aliphatic rings. The summed E-state index contributed by atoms with van der Waals surface area (Å²) < 4.78 is 22.5. The molecule has 0 saturated carbocycles. The van der Waals surface area contributed by atoms with Crippen LogP contribution in [-0.4, -0.2) is 34.5 Å². The van der Waals surface area contributed by atoms with E-state index in [1.165, 1.54) is 17.0 Å². The van der Waals surface area contributed by atoms with Crippen LogP contribution < -0.4 is 15.8 Å². The van der Waals surface area contributed by atoms with Crippen molar-refractivity contribution >= 4 is 27.3 Å². The molecule has 0 aliphatic heterocycles. The van der Waals surface area contributed by atoms with Crippen molar-refractivity contribution in [1.29, 1.82) is 0 Å². The normalized spacial score (nSPS) is 13.5. The monoisotopic (exact) mass is 380 g/mol. The summed E-state index contributed by atoms with van der Waals surface area (Å²) in [4.78, 5) is 5.70. The first kappa shape index (κ1) is 19.4. The number of thiophene rings is 1. The van der Waals surface area contributed by atoms with Crippen molar-refractivity contribution in [2.45, 2.75) is 24.2 Å². The minimum Gasteiger partial charge on any atom is -0.356 e. The van der Waals surface area contributed by atoms with Crippen molar-refractivity contribution in [2.75, 3.05) is 20.1 Å². The second-order valence-corrected chi connectivity index (χ2v) is 8.28. The summed E-state index contributed by atoms with van der Waals surface area (Å²) in [5.74, 6) is 1.17. The van der Waals surface area contributed by atoms with Crippen LogP contribution in [0, 0.1) is 0 Å². The molecule has 0 bridgehead atoms. The Hall–Kier alpha value is -1.90. The molecule has 4 N–H and O–H groups in total. The molecule has 0 aliphatic carbocycles. The second kappa shape index (κ2) is 8.98. The predicted molar refractivity (Wildman–Crippen MR) is 104 cm³/mol. The van der Waals surface area contributed by atoms with E-state index in [1.54, 1.807) is 30.5 Å². The first-order chi connectivity index (χ1) is 11.9. The van der Waals surface area contributed by atoms with Crippen LogP contribution >= 0.6 is 11.3 Å². The Balaban J connectivity index is 1.77. The molecule has 0 amide bonds. The van der Waals surface area contributed by atoms with Crippen LogP contribution in [-0.2, 0) is 16.4 Å². The van der Waals surface area contributed by atoms with Crippen LogP contribution in [0.4, 0.5) is 0 Å². The highest BCUT2D eigenvalue weighted by molar-refractivity contribution is 7.89. The molecule has 1 unspecified atom stereocenters. The number of hydrogen-bond acceptors (Lipinski definition) is 4. The number of rotatable bonds is 7. The number of sulfonamides is 1. The Morgan fingerprint density at radius 3 is 2.52 bits per heavy atom. The van der Waals surface area contributed by atoms with Crippen molar-refractivity contribution in [3.8, 4) is 0 Å². The van der Waals surface area contributed by atoms with Gasteiger partial charge in [-0.05, 0) is 35.6 Å². The molecule has 6 nitrogen and oxygen atoms in total. The maximum atomic E-state index is 11.2. The van der Waals surface area contributed by atoms with E-state index in [4.69, 9.17) is 5.14 Å². The zero-order chi connectivity index (χ0) is 18.3. The Labute approximate surface area is 153 Å². The van der Waals surface area contributed by atoms with E-state index in [0.29, 0.717) is 12.5 Å². The lowest BCUT2D eigenvalue weighted by molar-refractivity contribution is 0.598. The third-order valence-corrected chi connectivity index (χ3v) is 5.82. The Morgan fingerprint density at radius 1 is 1.24 bits per heavy atom. The number of aliphatic imine (C=N–C) groups is 1. The summed E-state index contributed by atoms with van der Waals surface area (Å²) in [5, 5.41) is 13.8. The van der Waals surface area contributed by atoms with Crippen LogP contribution in [0.1, 0.15) is 23.3 Å². The molecule has 0 radical (unpaired) electrons. The minimum atomic E-state index is -3.64. The fourth-order valence-electron chi connectivity index (χ4n) is 2.31. The largest absolute Gasteiger partial charge is 0.356 e. The van der Waals surface area contributed by atoms with Gasteiger partial charge in [-0.15, -0.1) is 11.3 Å². The lowest BCUT2D eigenvalue weighted by Crippen LogP contribution is -2.39. The number of benzene rings is 1. The molecule has 25 heavy (non-hydrogen) atoms. The van der Waals surface area contributed by atoms with Gasteiger partial charge in [0.2, 0.25) is 10.0 Å². The van der Waals surface area contributed by atoms with Crippen LogP contribution in [0.5, 0.6) is 0 Å². The van der Waals surface area contributed by atoms with Gasteiger partial charge in [0.15, 0.2) is 5.96 Å². The SMILES string of the molecule is CN=C(NCCc1ccc(S(N)(=O)=O)cc1)NCC(C)c1cccs1. The van der Waals surface area contributed by atoms with Crippen molar-refractivity contribution in [3.63, 3.8) is 0 Å². The molecule has 2 rings (SSSR count). The number of nitrogens with one attached hydrogen (secondary N) is 2. The summed E-state index contributed by atoms with van der Waals surface area (Å²) in [5.41, 5.74) is 1.03. The summed E-state index contributed by atoms with van der Waals surface area (Å²) in [6, 6.07) is 10.8. The average Bonchev–Trinajstić information content (AvgIpc) is 3.12. The summed E-state index contributed by atoms with van der Waals surface area (Å²) in [6.45, 7) is 3.68. The highest BCUT2D eigenvalue weighted by Crippen LogP contribution is 2.19. The number of hydrogen-bond donors (Lipinski definition) is 3. The Bertz CT molecular complexity index is 785. The molecule has 1 aromatic heterocycles. The number of nitrogens with two attached hydrogens (primary N) is 1. The van der Waals surface area contributed by atoms with Crippen LogP contribution in [0.15, 0.2) is 51.7 Å². The molecular weight excluding hydrogens is 356 g/mol. The molecule has 1 atom stereocenters. The van der Waals surface area contributed by atoms with E-state index < -0.39 is 10.0 Å². The molecule has 0 fully saturated rings. The number of nitrogens with zero attached hydrogens (tertiary/aromatic N) is 1. The molecule has 0 spiro atoms. The molecule has 1 aromatic carbocycles. The van der Waals surface area contributed by atoms with Gasteiger partial charge in [-0.25, -0.2) is 13.6 Å². The number of primary sulfonamides is 1. The van der Waals surface area contributed by atoms with E-state index in [1.807, 2.05) is 0 Å². The van der Waals surface area contributed by atoms with Gasteiger partial charge in [-0.1, -0.05) is 25.1 Å². The van der Waals surface area contributed by atoms with Gasteiger partial charge < -0.3 is 10.6 Å². The van der Waals surface area contributed by atoms with Gasteiger partial charge in [0.1, 0.15) is 0 Å². The first-order valence-electron chi connectivity index (χ1n) is 8.00. The van der Waals surface area contributed by atoms with Gasteiger partial charge >= 0.3 is 0 Å². The lowest BCUT2D eigenvalue weighted by Gasteiger charge is -2.15. The second-order valence-electron chi connectivity index (χ2n) is 5.74. The van der Waals surface area contributed by atoms with Crippen molar-refractivity contribution in [2.24, 2.45) is 10.1 Å². The minimum absolute atomic E-state index is 0.129. The summed E-state index contributed by atoms with van der Waals surface area (Å²) in [6.07, 6.45) is 0.756. The van der Waals surface area contributed by atoms with Crippen LogP contribution in [0.3, 0.4) is 0 Å². The molecule has 8 heteroatoms. The van der Waals surface area contributed by atoms with Crippen molar-refractivity contribution < 1.29 is 8.42 Å². The van der Waals surface area contributed by atoms with Gasteiger partial charge in [0, 0.05) is 30.9 Å². The predicted octanol–water partition coefficient (Wildman–Crippen LogP) is 1.91. The van der Waals surface area contributed by atoms with Gasteiger partial charge in [0.25, 0.3) is 0 Å². The molecule has 2 aromatic rings. The highest BCUT2D eigenvalue weighted by atomic mass is 32.2. The Morgan fingerprint density at radius 2 is 1.96 bits per heavy atom. The van der Waals surface area contributed by atoms with E-state index >= 15 is 0 Å². The van der Waals surface area contributed by atoms with Crippen LogP contribution in [0.25, 0.3) is 0 Å². The first-order valence-corrected chi connectivity index (χ1v) is 10.4. The van der Waals surface area contributed by atoms with Gasteiger partial charge in [-0.2, -0.15) is 0 Å². The molecule has 0 saturated heterocycles. The lowest BCUT2D eigenvalue weighted by atomic mass is 10.1. The van der Waals surface area contributed by atoms with Crippen LogP contribution in [0.2, 0.25) is 0 Å². The highest BCUT2D eigenvalue weighted by Gasteiger charge is 2.08. The topological polar surface area (TPSA) is 96.6 Å². The summed E-state index contributed by atoms with van der Waals surface area (Å²) >= 11 is 1.76. The zero-order valence-corrected chi connectivity index (χ0v) is 16.0. The average molecular weight is 381 g/mol. The maximum absolute atomic E-state index is 11.2. The van der Waals surface area contributed by atoms with Gasteiger partial charge in [0.05, 0.1) is 4.90 Å². The maximum Gasteiger partial charge on any atom is 0.238 e. The fourth-order valence-corrected chi connectivity index (χ4v) is 3.62. The van der Waals surface area contributed by atoms with E-state index in [9.17, 15) is 8.42 Å². The van der Waals surface area contributed by atoms with Crippen molar-refractivity contribution in [1.82, 2.24) is 10.6 Å². The smallest absolute Gasteiger partial charge is 0.238 e. The standard InChI is InChI=1S/C17H24N4O2S2/c1-13(16-4-3-11-24-16)12-21-17(19-2)20-10-9-14-5-7-15(8-6-14)25(18,22)23/h3-8,11,13H,9-10,12H2,1-2H3,(H2,18,22,23)(H2,19,20,21). The third-order valence-electron chi connectivity index (χ3n) is 3.79. The third kappa shape index (κ3) is 6.15. The van der Waals surface area contributed by atoms with E-state index in [2.05, 4.69) is 40.1 Å². The van der Waals surface area contributed by atoms with E-state index in [0.717, 1.165) is 24.5 Å². The fraction of sp³-hybridized carbons (Fsp3) is 0.353. The number of guanidine groups is 1. The summed E-state index contributed by atoms with van der Waals surface area (Å²) in [7, 11) is -1.89. The molecule has 136 valence electrons. The quantitative estimate of drug-likeness (QED) is 0.505. The molecular formula is C17H24N4O2S2. The Kier molecular flexibility index (Phi) is 6.98. The van der Waals surface area contributed by atoms with Gasteiger partial charge in [-0.3, -0.25) is 4.99 Å². The van der Waals surface area contributed by atoms with E-state index in [-0.39, 0.29) is 4.90 Å². The zero-order valence-electron chi connectivity index (χ0n) is 14.4. The molecule has 1 heterocycles. The van der Waals surface area contributed by atoms with Crippen molar-refractivity contribution in [3.05, 3.63) is 52.2 Å².